The lowest BCUT2D eigenvalue weighted by Crippen LogP contribution is -2.11. The molecular formula is C15H10BrClN2OS. The second kappa shape index (κ2) is 5.67. The van der Waals surface area contributed by atoms with Crippen molar-refractivity contribution in [2.45, 2.75) is 0 Å². The Bertz CT molecular complexity index is 847. The molecule has 3 nitrogen and oxygen atoms in total. The van der Waals surface area contributed by atoms with Gasteiger partial charge in [-0.05, 0) is 36.4 Å². The molecule has 1 aromatic heterocycles. The van der Waals surface area contributed by atoms with Gasteiger partial charge in [-0.25, -0.2) is 0 Å². The van der Waals surface area contributed by atoms with Crippen molar-refractivity contribution in [2.75, 3.05) is 11.1 Å². The molecule has 0 unspecified atom stereocenters. The summed E-state index contributed by atoms with van der Waals surface area (Å²) < 4.78 is 1.91. The number of thiophene rings is 1. The van der Waals surface area contributed by atoms with Crippen LogP contribution in [0.5, 0.6) is 0 Å². The lowest BCUT2D eigenvalue weighted by molar-refractivity contribution is 0.103. The van der Waals surface area contributed by atoms with Gasteiger partial charge in [-0.3, -0.25) is 4.79 Å². The first-order valence-electron chi connectivity index (χ1n) is 6.09. The highest BCUT2D eigenvalue weighted by molar-refractivity contribution is 9.10. The number of anilines is 2. The van der Waals surface area contributed by atoms with Gasteiger partial charge in [0.2, 0.25) is 0 Å². The van der Waals surface area contributed by atoms with Gasteiger partial charge in [0.15, 0.2) is 0 Å². The van der Waals surface area contributed by atoms with Gasteiger partial charge in [0.25, 0.3) is 5.91 Å². The summed E-state index contributed by atoms with van der Waals surface area (Å²) in [6.07, 6.45) is 0. The number of halogens is 2. The van der Waals surface area contributed by atoms with Crippen LogP contribution in [-0.4, -0.2) is 5.91 Å². The van der Waals surface area contributed by atoms with Crippen molar-refractivity contribution < 1.29 is 4.79 Å². The fraction of sp³-hybridized carbons (Fsp3) is 0. The van der Waals surface area contributed by atoms with E-state index in [0.717, 1.165) is 14.6 Å². The smallest absolute Gasteiger partial charge is 0.267 e. The molecule has 0 saturated carbocycles. The first kappa shape index (κ1) is 14.4. The van der Waals surface area contributed by atoms with Crippen LogP contribution < -0.4 is 11.1 Å². The second-order valence-electron chi connectivity index (χ2n) is 4.45. The molecule has 0 atom stereocenters. The molecule has 0 spiro atoms. The van der Waals surface area contributed by atoms with E-state index in [-0.39, 0.29) is 5.91 Å². The Morgan fingerprint density at radius 1 is 1.24 bits per heavy atom. The topological polar surface area (TPSA) is 55.1 Å². The summed E-state index contributed by atoms with van der Waals surface area (Å²) in [7, 11) is 0. The van der Waals surface area contributed by atoms with Gasteiger partial charge in [-0.2, -0.15) is 0 Å². The van der Waals surface area contributed by atoms with Crippen LogP contribution in [0.25, 0.3) is 10.1 Å². The zero-order valence-corrected chi connectivity index (χ0v) is 13.8. The molecule has 0 aliphatic heterocycles. The fourth-order valence-electron chi connectivity index (χ4n) is 2.01. The fourth-order valence-corrected chi connectivity index (χ4v) is 3.56. The minimum absolute atomic E-state index is 0.230. The maximum atomic E-state index is 12.4. The Morgan fingerprint density at radius 2 is 2.05 bits per heavy atom. The molecule has 3 N–H and O–H groups in total. The number of hydrogen-bond acceptors (Lipinski definition) is 3. The van der Waals surface area contributed by atoms with Crippen LogP contribution in [0.3, 0.4) is 0 Å². The van der Waals surface area contributed by atoms with Gasteiger partial charge in [0.05, 0.1) is 5.69 Å². The molecule has 2 aromatic carbocycles. The average Bonchev–Trinajstić information content (AvgIpc) is 2.76. The van der Waals surface area contributed by atoms with E-state index in [2.05, 4.69) is 21.2 Å². The Hall–Kier alpha value is -1.56. The number of fused-ring (bicyclic) bond motifs is 1. The van der Waals surface area contributed by atoms with Gasteiger partial charge >= 0.3 is 0 Å². The van der Waals surface area contributed by atoms with Crippen LogP contribution in [0.2, 0.25) is 5.02 Å². The van der Waals surface area contributed by atoms with Crippen molar-refractivity contribution in [3.8, 4) is 0 Å². The maximum Gasteiger partial charge on any atom is 0.267 e. The van der Waals surface area contributed by atoms with Crippen molar-refractivity contribution in [3.63, 3.8) is 0 Å². The van der Waals surface area contributed by atoms with Crippen molar-refractivity contribution in [1.82, 2.24) is 0 Å². The van der Waals surface area contributed by atoms with Crippen LogP contribution >= 0.6 is 38.9 Å². The monoisotopic (exact) mass is 380 g/mol. The number of carbonyl (C=O) groups excluding carboxylic acids is 1. The van der Waals surface area contributed by atoms with Gasteiger partial charge < -0.3 is 11.1 Å². The molecule has 21 heavy (non-hydrogen) atoms. The molecule has 1 heterocycles. The SMILES string of the molecule is Nc1c(C(=O)Nc2cccc(Cl)c2)sc2ccc(Br)cc12. The summed E-state index contributed by atoms with van der Waals surface area (Å²) >= 11 is 10.7. The summed E-state index contributed by atoms with van der Waals surface area (Å²) in [6, 6.07) is 12.8. The number of nitrogens with two attached hydrogens (primary N) is 1. The molecular weight excluding hydrogens is 372 g/mol. The standard InChI is InChI=1S/C15H10BrClN2OS/c16-8-4-5-12-11(6-8)13(18)14(21-12)15(20)19-10-3-1-2-9(17)7-10/h1-7H,18H2,(H,19,20). The molecule has 3 rings (SSSR count). The summed E-state index contributed by atoms with van der Waals surface area (Å²) in [5, 5.41) is 4.26. The van der Waals surface area contributed by atoms with Crippen LogP contribution in [0.4, 0.5) is 11.4 Å². The zero-order valence-electron chi connectivity index (χ0n) is 10.7. The Kier molecular flexibility index (Phi) is 3.89. The van der Waals surface area contributed by atoms with E-state index in [1.165, 1.54) is 11.3 Å². The highest BCUT2D eigenvalue weighted by Gasteiger charge is 2.16. The molecule has 1 amide bonds. The average molecular weight is 382 g/mol. The summed E-state index contributed by atoms with van der Waals surface area (Å²) in [5.41, 5.74) is 7.24. The highest BCUT2D eigenvalue weighted by Crippen LogP contribution is 2.35. The molecule has 6 heteroatoms. The van der Waals surface area contributed by atoms with E-state index in [4.69, 9.17) is 17.3 Å². The first-order chi connectivity index (χ1) is 10.0. The third-order valence-electron chi connectivity index (χ3n) is 2.98. The Balaban J connectivity index is 1.96. The van der Waals surface area contributed by atoms with E-state index >= 15 is 0 Å². The Labute approximate surface area is 138 Å². The number of hydrogen-bond donors (Lipinski definition) is 2. The lowest BCUT2D eigenvalue weighted by atomic mass is 10.2. The molecule has 0 fully saturated rings. The van der Waals surface area contributed by atoms with E-state index < -0.39 is 0 Å². The molecule has 0 saturated heterocycles. The molecule has 0 aliphatic carbocycles. The summed E-state index contributed by atoms with van der Waals surface area (Å²) in [4.78, 5) is 12.9. The number of amides is 1. The van der Waals surface area contributed by atoms with E-state index in [1.54, 1.807) is 24.3 Å². The Morgan fingerprint density at radius 3 is 2.81 bits per heavy atom. The number of rotatable bonds is 2. The van der Waals surface area contributed by atoms with Crippen LogP contribution in [0.15, 0.2) is 46.9 Å². The van der Waals surface area contributed by atoms with Gasteiger partial charge in [0, 0.05) is 25.3 Å². The van der Waals surface area contributed by atoms with E-state index in [1.807, 2.05) is 18.2 Å². The van der Waals surface area contributed by atoms with Crippen molar-refractivity contribution in [2.24, 2.45) is 0 Å². The van der Waals surface area contributed by atoms with Crippen molar-refractivity contribution in [1.29, 1.82) is 0 Å². The third kappa shape index (κ3) is 2.90. The minimum Gasteiger partial charge on any atom is -0.397 e. The minimum atomic E-state index is -0.230. The highest BCUT2D eigenvalue weighted by atomic mass is 79.9. The molecule has 106 valence electrons. The molecule has 0 radical (unpaired) electrons. The van der Waals surface area contributed by atoms with Crippen molar-refractivity contribution in [3.05, 3.63) is 56.8 Å². The molecule has 3 aromatic rings. The van der Waals surface area contributed by atoms with Gasteiger partial charge in [-0.15, -0.1) is 11.3 Å². The van der Waals surface area contributed by atoms with Gasteiger partial charge in [-0.1, -0.05) is 33.6 Å². The number of carbonyl (C=O) groups is 1. The van der Waals surface area contributed by atoms with E-state index in [9.17, 15) is 4.79 Å². The van der Waals surface area contributed by atoms with Crippen LogP contribution in [0, 0.1) is 0 Å². The normalized spacial score (nSPS) is 10.8. The quantitative estimate of drug-likeness (QED) is 0.645. The number of benzene rings is 2. The zero-order chi connectivity index (χ0) is 15.0. The predicted octanol–water partition coefficient (Wildman–Crippen LogP) is 5.15. The number of nitrogens with one attached hydrogen (secondary N) is 1. The summed E-state index contributed by atoms with van der Waals surface area (Å²) in [5.74, 6) is -0.230. The second-order valence-corrected chi connectivity index (χ2v) is 6.85. The molecule has 0 aliphatic rings. The van der Waals surface area contributed by atoms with Crippen molar-refractivity contribution >= 4 is 66.2 Å². The first-order valence-corrected chi connectivity index (χ1v) is 8.08. The molecule has 0 bridgehead atoms. The maximum absolute atomic E-state index is 12.4. The third-order valence-corrected chi connectivity index (χ3v) is 4.89. The van der Waals surface area contributed by atoms with Crippen LogP contribution in [-0.2, 0) is 0 Å². The number of nitrogen functional groups attached to an aromatic ring is 1. The predicted molar refractivity (Wildman–Crippen MR) is 93.3 cm³/mol. The van der Waals surface area contributed by atoms with Crippen LogP contribution in [0.1, 0.15) is 9.67 Å². The summed E-state index contributed by atoms with van der Waals surface area (Å²) in [6.45, 7) is 0. The lowest BCUT2D eigenvalue weighted by Gasteiger charge is -2.04. The van der Waals surface area contributed by atoms with Gasteiger partial charge in [0.1, 0.15) is 4.88 Å². The van der Waals surface area contributed by atoms with E-state index in [0.29, 0.717) is 21.3 Å². The largest absolute Gasteiger partial charge is 0.397 e.